The minimum absolute atomic E-state index is 0.355. The van der Waals surface area contributed by atoms with Crippen LogP contribution >= 0.6 is 0 Å². The summed E-state index contributed by atoms with van der Waals surface area (Å²) >= 11 is 0. The SMILES string of the molecule is CCN1CCC(CNc2ccccc2C(=O)O)CC1. The van der Waals surface area contributed by atoms with Gasteiger partial charge in [-0.3, -0.25) is 0 Å². The van der Waals surface area contributed by atoms with E-state index in [0.717, 1.165) is 31.9 Å². The molecule has 1 aliphatic rings. The van der Waals surface area contributed by atoms with Crippen molar-refractivity contribution >= 4 is 11.7 Å². The minimum atomic E-state index is -0.871. The number of rotatable bonds is 5. The van der Waals surface area contributed by atoms with E-state index in [-0.39, 0.29) is 0 Å². The number of aromatic carboxylic acids is 1. The molecule has 1 heterocycles. The van der Waals surface area contributed by atoms with Gasteiger partial charge in [0.15, 0.2) is 0 Å². The van der Waals surface area contributed by atoms with Gasteiger partial charge in [-0.05, 0) is 50.5 Å². The highest BCUT2D eigenvalue weighted by atomic mass is 16.4. The number of carboxylic acid groups (broad SMARTS) is 1. The molecule has 4 heteroatoms. The number of hydrogen-bond acceptors (Lipinski definition) is 3. The Labute approximate surface area is 114 Å². The summed E-state index contributed by atoms with van der Waals surface area (Å²) in [6.45, 7) is 6.50. The molecule has 104 valence electrons. The molecule has 1 fully saturated rings. The lowest BCUT2D eigenvalue weighted by Crippen LogP contribution is -2.35. The number of carboxylic acids is 1. The summed E-state index contributed by atoms with van der Waals surface area (Å²) < 4.78 is 0. The third-order valence-corrected chi connectivity index (χ3v) is 3.89. The highest BCUT2D eigenvalue weighted by molar-refractivity contribution is 5.94. The molecule has 1 aliphatic heterocycles. The monoisotopic (exact) mass is 262 g/mol. The fourth-order valence-corrected chi connectivity index (χ4v) is 2.58. The Morgan fingerprint density at radius 3 is 2.68 bits per heavy atom. The predicted octanol–water partition coefficient (Wildman–Crippen LogP) is 2.53. The first kappa shape index (κ1) is 13.9. The summed E-state index contributed by atoms with van der Waals surface area (Å²) in [5.74, 6) is -0.228. The summed E-state index contributed by atoms with van der Waals surface area (Å²) in [7, 11) is 0. The summed E-state index contributed by atoms with van der Waals surface area (Å²) in [4.78, 5) is 13.6. The number of nitrogens with zero attached hydrogens (tertiary/aromatic N) is 1. The molecular formula is C15H22N2O2. The highest BCUT2D eigenvalue weighted by Gasteiger charge is 2.18. The summed E-state index contributed by atoms with van der Waals surface area (Å²) in [6.07, 6.45) is 2.38. The number of benzene rings is 1. The first-order valence-electron chi connectivity index (χ1n) is 6.99. The van der Waals surface area contributed by atoms with Crippen molar-refractivity contribution in [1.29, 1.82) is 0 Å². The van der Waals surface area contributed by atoms with Crippen LogP contribution < -0.4 is 5.32 Å². The average Bonchev–Trinajstić information content (AvgIpc) is 2.46. The van der Waals surface area contributed by atoms with Crippen LogP contribution in [-0.2, 0) is 0 Å². The van der Waals surface area contributed by atoms with E-state index in [1.54, 1.807) is 12.1 Å². The molecule has 0 atom stereocenters. The quantitative estimate of drug-likeness (QED) is 0.856. The van der Waals surface area contributed by atoms with Crippen LogP contribution in [0.4, 0.5) is 5.69 Å². The van der Waals surface area contributed by atoms with Gasteiger partial charge in [-0.15, -0.1) is 0 Å². The highest BCUT2D eigenvalue weighted by Crippen LogP contribution is 2.20. The van der Waals surface area contributed by atoms with Gasteiger partial charge in [0, 0.05) is 12.2 Å². The van der Waals surface area contributed by atoms with Crippen molar-refractivity contribution in [2.45, 2.75) is 19.8 Å². The van der Waals surface area contributed by atoms with Gasteiger partial charge in [-0.25, -0.2) is 4.79 Å². The van der Waals surface area contributed by atoms with E-state index in [0.29, 0.717) is 11.5 Å². The Bertz CT molecular complexity index is 426. The van der Waals surface area contributed by atoms with Crippen molar-refractivity contribution in [2.24, 2.45) is 5.92 Å². The van der Waals surface area contributed by atoms with Crippen molar-refractivity contribution in [3.63, 3.8) is 0 Å². The Morgan fingerprint density at radius 2 is 2.05 bits per heavy atom. The molecule has 0 radical (unpaired) electrons. The lowest BCUT2D eigenvalue weighted by atomic mass is 9.96. The van der Waals surface area contributed by atoms with Crippen molar-refractivity contribution in [2.75, 3.05) is 31.5 Å². The Balaban J connectivity index is 1.88. The van der Waals surface area contributed by atoms with Gasteiger partial charge in [0.1, 0.15) is 0 Å². The van der Waals surface area contributed by atoms with E-state index >= 15 is 0 Å². The number of likely N-dealkylation sites (tertiary alicyclic amines) is 1. The molecule has 0 bridgehead atoms. The normalized spacial score (nSPS) is 17.3. The van der Waals surface area contributed by atoms with Gasteiger partial charge in [0.2, 0.25) is 0 Å². The first-order chi connectivity index (χ1) is 9.20. The molecule has 0 spiro atoms. The Morgan fingerprint density at radius 1 is 1.37 bits per heavy atom. The van der Waals surface area contributed by atoms with Crippen LogP contribution in [0, 0.1) is 5.92 Å². The molecule has 0 aliphatic carbocycles. The molecule has 1 aromatic rings. The number of anilines is 1. The van der Waals surface area contributed by atoms with Crippen LogP contribution in [0.15, 0.2) is 24.3 Å². The molecule has 19 heavy (non-hydrogen) atoms. The van der Waals surface area contributed by atoms with Gasteiger partial charge in [0.05, 0.1) is 5.56 Å². The first-order valence-corrected chi connectivity index (χ1v) is 6.99. The second-order valence-electron chi connectivity index (χ2n) is 5.11. The fourth-order valence-electron chi connectivity index (χ4n) is 2.58. The van der Waals surface area contributed by atoms with Crippen LogP contribution in [-0.4, -0.2) is 42.2 Å². The topological polar surface area (TPSA) is 52.6 Å². The zero-order valence-corrected chi connectivity index (χ0v) is 11.4. The molecule has 0 amide bonds. The number of nitrogens with one attached hydrogen (secondary N) is 1. The summed E-state index contributed by atoms with van der Waals surface area (Å²) in [5.41, 5.74) is 1.08. The zero-order chi connectivity index (χ0) is 13.7. The third kappa shape index (κ3) is 3.70. The third-order valence-electron chi connectivity index (χ3n) is 3.89. The second kappa shape index (κ2) is 6.57. The van der Waals surface area contributed by atoms with Crippen LogP contribution in [0.25, 0.3) is 0 Å². The predicted molar refractivity (Wildman–Crippen MR) is 76.7 cm³/mol. The van der Waals surface area contributed by atoms with Crippen LogP contribution in [0.2, 0.25) is 0 Å². The molecule has 2 N–H and O–H groups in total. The van der Waals surface area contributed by atoms with Crippen molar-refractivity contribution in [3.8, 4) is 0 Å². The van der Waals surface area contributed by atoms with E-state index in [4.69, 9.17) is 5.11 Å². The standard InChI is InChI=1S/C15H22N2O2/c1-2-17-9-7-12(8-10-17)11-16-14-6-4-3-5-13(14)15(18)19/h3-6,12,16H,2,7-11H2,1H3,(H,18,19). The molecule has 4 nitrogen and oxygen atoms in total. The van der Waals surface area contributed by atoms with Crippen molar-refractivity contribution < 1.29 is 9.90 Å². The number of piperidine rings is 1. The average molecular weight is 262 g/mol. The number of para-hydroxylation sites is 1. The maximum atomic E-state index is 11.1. The van der Waals surface area contributed by atoms with E-state index < -0.39 is 5.97 Å². The van der Waals surface area contributed by atoms with Gasteiger partial charge >= 0.3 is 5.97 Å². The number of hydrogen-bond donors (Lipinski definition) is 2. The van der Waals surface area contributed by atoms with Gasteiger partial charge in [-0.2, -0.15) is 0 Å². The van der Waals surface area contributed by atoms with Crippen LogP contribution in [0.1, 0.15) is 30.1 Å². The number of carbonyl (C=O) groups is 1. The second-order valence-corrected chi connectivity index (χ2v) is 5.11. The molecule has 1 saturated heterocycles. The Hall–Kier alpha value is -1.55. The minimum Gasteiger partial charge on any atom is -0.478 e. The maximum absolute atomic E-state index is 11.1. The lowest BCUT2D eigenvalue weighted by molar-refractivity contribution is 0.0698. The van der Waals surface area contributed by atoms with E-state index in [9.17, 15) is 4.79 Å². The summed E-state index contributed by atoms with van der Waals surface area (Å²) in [6, 6.07) is 7.11. The van der Waals surface area contributed by atoms with Crippen LogP contribution in [0.3, 0.4) is 0 Å². The molecule has 0 aromatic heterocycles. The molecule has 0 saturated carbocycles. The van der Waals surface area contributed by atoms with Gasteiger partial charge < -0.3 is 15.3 Å². The maximum Gasteiger partial charge on any atom is 0.337 e. The van der Waals surface area contributed by atoms with E-state index in [1.807, 2.05) is 12.1 Å². The molecule has 2 rings (SSSR count). The van der Waals surface area contributed by atoms with E-state index in [1.165, 1.54) is 12.8 Å². The smallest absolute Gasteiger partial charge is 0.337 e. The molecule has 1 aromatic carbocycles. The lowest BCUT2D eigenvalue weighted by Gasteiger charge is -2.31. The van der Waals surface area contributed by atoms with Crippen molar-refractivity contribution in [1.82, 2.24) is 4.90 Å². The fraction of sp³-hybridized carbons (Fsp3) is 0.533. The van der Waals surface area contributed by atoms with Crippen LogP contribution in [0.5, 0.6) is 0 Å². The van der Waals surface area contributed by atoms with E-state index in [2.05, 4.69) is 17.1 Å². The molecule has 0 unspecified atom stereocenters. The zero-order valence-electron chi connectivity index (χ0n) is 11.4. The van der Waals surface area contributed by atoms with Crippen molar-refractivity contribution in [3.05, 3.63) is 29.8 Å². The Kier molecular flexibility index (Phi) is 4.80. The molecular weight excluding hydrogens is 240 g/mol. The van der Waals surface area contributed by atoms with Gasteiger partial charge in [-0.1, -0.05) is 19.1 Å². The summed E-state index contributed by atoms with van der Waals surface area (Å²) in [5, 5.41) is 12.4. The largest absolute Gasteiger partial charge is 0.478 e. The van der Waals surface area contributed by atoms with Gasteiger partial charge in [0.25, 0.3) is 0 Å².